The molecule has 2 aromatic rings. The Balaban J connectivity index is 1.91. The van der Waals surface area contributed by atoms with Crippen LogP contribution in [0.1, 0.15) is 25.0 Å². The number of hydrazone groups is 2. The Morgan fingerprint density at radius 1 is 0.727 bits per heavy atom. The first-order valence-corrected chi connectivity index (χ1v) is 6.92. The summed E-state index contributed by atoms with van der Waals surface area (Å²) in [6.07, 6.45) is 0. The van der Waals surface area contributed by atoms with Crippen molar-refractivity contribution in [2.45, 2.75) is 13.8 Å². The lowest BCUT2D eigenvalue weighted by Crippen LogP contribution is -2.30. The number of nitrogens with zero attached hydrogens (tertiary/aromatic N) is 2. The molecule has 0 aliphatic carbocycles. The minimum Gasteiger partial charge on any atom is -0.245 e. The lowest BCUT2D eigenvalue weighted by Gasteiger charge is -2.03. The van der Waals surface area contributed by atoms with E-state index in [9.17, 15) is 4.79 Å². The Bertz CT molecular complexity index is 619. The van der Waals surface area contributed by atoms with E-state index < -0.39 is 6.03 Å². The molecule has 0 aromatic heterocycles. The minimum absolute atomic E-state index is 0.481. The number of carbonyl (C=O) groups is 1. The Hall–Kier alpha value is -2.95. The molecule has 0 aliphatic rings. The summed E-state index contributed by atoms with van der Waals surface area (Å²) < 4.78 is 0. The topological polar surface area (TPSA) is 65.8 Å². The maximum atomic E-state index is 11.7. The van der Waals surface area contributed by atoms with Crippen molar-refractivity contribution in [1.29, 1.82) is 0 Å². The number of rotatable bonds is 4. The molecule has 112 valence electrons. The van der Waals surface area contributed by atoms with Crippen LogP contribution in [0.2, 0.25) is 0 Å². The zero-order valence-corrected chi connectivity index (χ0v) is 12.6. The second kappa shape index (κ2) is 7.73. The predicted molar refractivity (Wildman–Crippen MR) is 89.0 cm³/mol. The van der Waals surface area contributed by atoms with Crippen molar-refractivity contribution in [2.75, 3.05) is 0 Å². The molecule has 0 heterocycles. The molecule has 2 aromatic carbocycles. The van der Waals surface area contributed by atoms with Gasteiger partial charge in [0.05, 0.1) is 11.4 Å². The van der Waals surface area contributed by atoms with E-state index in [1.807, 2.05) is 74.5 Å². The Kier molecular flexibility index (Phi) is 5.43. The summed E-state index contributed by atoms with van der Waals surface area (Å²) in [6, 6.07) is 18.8. The molecule has 22 heavy (non-hydrogen) atoms. The highest BCUT2D eigenvalue weighted by molar-refractivity contribution is 6.00. The number of nitrogens with one attached hydrogen (secondary N) is 2. The standard InChI is InChI=1S/C17H18N4O/c1-13(15-9-5-3-6-10-15)18-20-17(22)21-19-14(2)16-11-7-4-8-12-16/h3-12H,1-2H3,(H2,20,21,22)/b18-13+,19-14+. The summed E-state index contributed by atoms with van der Waals surface area (Å²) in [6.45, 7) is 3.65. The Morgan fingerprint density at radius 3 is 1.45 bits per heavy atom. The third kappa shape index (κ3) is 4.56. The van der Waals surface area contributed by atoms with Crippen LogP contribution in [-0.2, 0) is 0 Å². The normalized spacial score (nSPS) is 11.9. The van der Waals surface area contributed by atoms with Gasteiger partial charge in [-0.2, -0.15) is 10.2 Å². The molecule has 0 spiro atoms. The Labute approximate surface area is 129 Å². The van der Waals surface area contributed by atoms with Crippen LogP contribution in [0.3, 0.4) is 0 Å². The van der Waals surface area contributed by atoms with Crippen LogP contribution >= 0.6 is 0 Å². The van der Waals surface area contributed by atoms with Crippen molar-refractivity contribution in [2.24, 2.45) is 10.2 Å². The molecular weight excluding hydrogens is 276 g/mol. The SMILES string of the molecule is C/C(=N\NC(=O)N/N=C(\C)c1ccccc1)c1ccccc1. The molecule has 0 aliphatic heterocycles. The van der Waals surface area contributed by atoms with E-state index in [2.05, 4.69) is 21.1 Å². The maximum Gasteiger partial charge on any atom is 0.355 e. The van der Waals surface area contributed by atoms with E-state index in [1.165, 1.54) is 0 Å². The first-order chi connectivity index (χ1) is 10.7. The fourth-order valence-electron chi connectivity index (χ4n) is 1.78. The molecule has 2 N–H and O–H groups in total. The van der Waals surface area contributed by atoms with Crippen molar-refractivity contribution in [3.05, 3.63) is 71.8 Å². The quantitative estimate of drug-likeness (QED) is 0.660. The van der Waals surface area contributed by atoms with E-state index >= 15 is 0 Å². The maximum absolute atomic E-state index is 11.7. The van der Waals surface area contributed by atoms with Crippen LogP contribution in [0.4, 0.5) is 4.79 Å². The third-order valence-electron chi connectivity index (χ3n) is 3.03. The van der Waals surface area contributed by atoms with E-state index in [4.69, 9.17) is 0 Å². The molecular formula is C17H18N4O. The molecule has 0 radical (unpaired) electrons. The van der Waals surface area contributed by atoms with Crippen molar-refractivity contribution in [3.63, 3.8) is 0 Å². The van der Waals surface area contributed by atoms with Gasteiger partial charge in [-0.15, -0.1) is 0 Å². The number of hydrogen-bond donors (Lipinski definition) is 2. The minimum atomic E-state index is -0.481. The first kappa shape index (κ1) is 15.4. The second-order valence-electron chi connectivity index (χ2n) is 4.68. The van der Waals surface area contributed by atoms with Gasteiger partial charge in [-0.3, -0.25) is 0 Å². The van der Waals surface area contributed by atoms with Gasteiger partial charge in [0.2, 0.25) is 0 Å². The molecule has 2 rings (SSSR count). The number of urea groups is 1. The van der Waals surface area contributed by atoms with Gasteiger partial charge in [0, 0.05) is 0 Å². The van der Waals surface area contributed by atoms with Crippen LogP contribution in [0.5, 0.6) is 0 Å². The van der Waals surface area contributed by atoms with Gasteiger partial charge >= 0.3 is 6.03 Å². The van der Waals surface area contributed by atoms with Gasteiger partial charge in [-0.1, -0.05) is 60.7 Å². The summed E-state index contributed by atoms with van der Waals surface area (Å²) in [5.74, 6) is 0. The first-order valence-electron chi connectivity index (χ1n) is 6.92. The molecule has 5 nitrogen and oxygen atoms in total. The molecule has 5 heteroatoms. The Morgan fingerprint density at radius 2 is 1.09 bits per heavy atom. The number of hydrogen-bond acceptors (Lipinski definition) is 3. The monoisotopic (exact) mass is 294 g/mol. The van der Waals surface area contributed by atoms with Gasteiger partial charge in [0.15, 0.2) is 0 Å². The van der Waals surface area contributed by atoms with Gasteiger partial charge in [-0.05, 0) is 25.0 Å². The van der Waals surface area contributed by atoms with E-state index in [-0.39, 0.29) is 0 Å². The van der Waals surface area contributed by atoms with Gasteiger partial charge in [0.1, 0.15) is 0 Å². The molecule has 0 bridgehead atoms. The summed E-state index contributed by atoms with van der Waals surface area (Å²) >= 11 is 0. The van der Waals surface area contributed by atoms with Crippen molar-refractivity contribution >= 4 is 17.5 Å². The van der Waals surface area contributed by atoms with Crippen molar-refractivity contribution in [3.8, 4) is 0 Å². The number of benzene rings is 2. The number of amides is 2. The zero-order valence-electron chi connectivity index (χ0n) is 12.6. The lowest BCUT2D eigenvalue weighted by molar-refractivity contribution is 0.242. The largest absolute Gasteiger partial charge is 0.355 e. The van der Waals surface area contributed by atoms with Gasteiger partial charge in [0.25, 0.3) is 0 Å². The van der Waals surface area contributed by atoms with E-state index in [0.717, 1.165) is 22.6 Å². The summed E-state index contributed by atoms with van der Waals surface area (Å²) in [5.41, 5.74) is 8.18. The summed E-state index contributed by atoms with van der Waals surface area (Å²) in [4.78, 5) is 11.7. The van der Waals surface area contributed by atoms with E-state index in [1.54, 1.807) is 0 Å². The molecule has 0 unspecified atom stereocenters. The van der Waals surface area contributed by atoms with Crippen LogP contribution < -0.4 is 10.9 Å². The molecule has 0 fully saturated rings. The average Bonchev–Trinajstić information content (AvgIpc) is 2.59. The van der Waals surface area contributed by atoms with E-state index in [0.29, 0.717) is 0 Å². The summed E-state index contributed by atoms with van der Waals surface area (Å²) in [7, 11) is 0. The van der Waals surface area contributed by atoms with Crippen LogP contribution in [0.25, 0.3) is 0 Å². The molecule has 0 saturated carbocycles. The zero-order chi connectivity index (χ0) is 15.8. The third-order valence-corrected chi connectivity index (χ3v) is 3.03. The molecule has 2 amide bonds. The fraction of sp³-hybridized carbons (Fsp3) is 0.118. The van der Waals surface area contributed by atoms with Crippen molar-refractivity contribution < 1.29 is 4.79 Å². The average molecular weight is 294 g/mol. The highest BCUT2D eigenvalue weighted by Crippen LogP contribution is 2.00. The van der Waals surface area contributed by atoms with Crippen LogP contribution in [0.15, 0.2) is 70.9 Å². The predicted octanol–water partition coefficient (Wildman–Crippen LogP) is 3.13. The number of carbonyl (C=O) groups excluding carboxylic acids is 1. The van der Waals surface area contributed by atoms with Crippen LogP contribution in [0, 0.1) is 0 Å². The second-order valence-corrected chi connectivity index (χ2v) is 4.68. The molecule has 0 saturated heterocycles. The van der Waals surface area contributed by atoms with Gasteiger partial charge < -0.3 is 0 Å². The highest BCUT2D eigenvalue weighted by Gasteiger charge is 2.00. The highest BCUT2D eigenvalue weighted by atomic mass is 16.2. The molecule has 0 atom stereocenters. The van der Waals surface area contributed by atoms with Crippen molar-refractivity contribution in [1.82, 2.24) is 10.9 Å². The lowest BCUT2D eigenvalue weighted by atomic mass is 10.1. The van der Waals surface area contributed by atoms with Crippen LogP contribution in [-0.4, -0.2) is 17.5 Å². The van der Waals surface area contributed by atoms with Gasteiger partial charge in [-0.25, -0.2) is 15.6 Å². The smallest absolute Gasteiger partial charge is 0.245 e. The summed E-state index contributed by atoms with van der Waals surface area (Å²) in [5, 5.41) is 8.06. The fourth-order valence-corrected chi connectivity index (χ4v) is 1.78.